The molecule has 0 spiro atoms. The number of hydrogen-bond donors (Lipinski definition) is 1. The zero-order valence-corrected chi connectivity index (χ0v) is 13.5. The normalized spacial score (nSPS) is 11.1. The van der Waals surface area contributed by atoms with E-state index in [4.69, 9.17) is 4.42 Å². The number of aromatic hydroxyl groups is 1. The van der Waals surface area contributed by atoms with Gasteiger partial charge in [-0.2, -0.15) is 0 Å². The highest BCUT2D eigenvalue weighted by molar-refractivity contribution is 5.81. The van der Waals surface area contributed by atoms with Crippen molar-refractivity contribution < 1.29 is 14.4 Å². The summed E-state index contributed by atoms with van der Waals surface area (Å²) in [5.74, 6) is 0.0149. The predicted molar refractivity (Wildman–Crippen MR) is 92.4 cm³/mol. The lowest BCUT2D eigenvalue weighted by Gasteiger charge is -2.17. The second-order valence-corrected chi connectivity index (χ2v) is 5.83. The van der Waals surface area contributed by atoms with Gasteiger partial charge in [0.1, 0.15) is 11.3 Å². The number of phenolic OH excluding ortho intramolecular Hbond substituents is 1. The third-order valence-electron chi connectivity index (χ3n) is 3.88. The highest BCUT2D eigenvalue weighted by Crippen LogP contribution is 2.24. The number of nitro groups is 1. The molecule has 25 heavy (non-hydrogen) atoms. The molecule has 0 amide bonds. The van der Waals surface area contributed by atoms with Gasteiger partial charge in [-0.15, -0.1) is 0 Å². The molecule has 7 heteroatoms. The minimum atomic E-state index is -0.507. The van der Waals surface area contributed by atoms with E-state index >= 15 is 0 Å². The summed E-state index contributed by atoms with van der Waals surface area (Å²) in [4.78, 5) is 24.3. The van der Waals surface area contributed by atoms with Crippen molar-refractivity contribution in [1.29, 1.82) is 0 Å². The maximum atomic E-state index is 11.7. The first kappa shape index (κ1) is 16.7. The molecule has 2 aromatic carbocycles. The molecule has 0 aliphatic heterocycles. The third kappa shape index (κ3) is 3.67. The van der Waals surface area contributed by atoms with Gasteiger partial charge in [-0.3, -0.25) is 15.0 Å². The van der Waals surface area contributed by atoms with Crippen molar-refractivity contribution in [3.8, 4) is 5.75 Å². The molecule has 0 saturated heterocycles. The Morgan fingerprint density at radius 2 is 1.84 bits per heavy atom. The Balaban J connectivity index is 1.89. The Morgan fingerprint density at radius 3 is 2.60 bits per heavy atom. The molecule has 0 radical (unpaired) electrons. The Morgan fingerprint density at radius 1 is 1.12 bits per heavy atom. The minimum absolute atomic E-state index is 0.0149. The van der Waals surface area contributed by atoms with Gasteiger partial charge in [0.15, 0.2) is 0 Å². The molecule has 0 unspecified atom stereocenters. The summed E-state index contributed by atoms with van der Waals surface area (Å²) in [5, 5.41) is 21.4. The molecule has 0 aliphatic rings. The minimum Gasteiger partial charge on any atom is -0.508 e. The molecule has 1 aromatic heterocycles. The van der Waals surface area contributed by atoms with Gasteiger partial charge in [-0.1, -0.05) is 18.2 Å². The summed E-state index contributed by atoms with van der Waals surface area (Å²) in [6.07, 6.45) is 0. The first-order valence-corrected chi connectivity index (χ1v) is 7.60. The van der Waals surface area contributed by atoms with Gasteiger partial charge in [0.05, 0.1) is 4.92 Å². The smallest absolute Gasteiger partial charge is 0.336 e. The average Bonchev–Trinajstić information content (AvgIpc) is 2.54. The van der Waals surface area contributed by atoms with Crippen LogP contribution in [0.1, 0.15) is 11.1 Å². The molecule has 3 rings (SSSR count). The van der Waals surface area contributed by atoms with Crippen molar-refractivity contribution in [3.63, 3.8) is 0 Å². The van der Waals surface area contributed by atoms with Crippen LogP contribution in [-0.2, 0) is 13.1 Å². The summed E-state index contributed by atoms with van der Waals surface area (Å²) >= 11 is 0. The fraction of sp³-hybridized carbons (Fsp3) is 0.167. The van der Waals surface area contributed by atoms with Gasteiger partial charge >= 0.3 is 5.63 Å². The maximum absolute atomic E-state index is 11.7. The second-order valence-electron chi connectivity index (χ2n) is 5.83. The molecule has 7 nitrogen and oxygen atoms in total. The second kappa shape index (κ2) is 6.74. The van der Waals surface area contributed by atoms with Gasteiger partial charge in [0.25, 0.3) is 5.69 Å². The van der Waals surface area contributed by atoms with Crippen LogP contribution in [0.25, 0.3) is 11.0 Å². The van der Waals surface area contributed by atoms with Crippen LogP contribution < -0.4 is 5.63 Å². The summed E-state index contributed by atoms with van der Waals surface area (Å²) in [7, 11) is 1.82. The van der Waals surface area contributed by atoms with Crippen LogP contribution in [0, 0.1) is 10.1 Å². The summed E-state index contributed by atoms with van der Waals surface area (Å²) in [5.41, 5.74) is 1.19. The molecule has 0 saturated carbocycles. The Labute approximate surface area is 142 Å². The number of benzene rings is 2. The average molecular weight is 340 g/mol. The molecule has 0 atom stereocenters. The quantitative estimate of drug-likeness (QED) is 0.435. The number of hydrogen-bond acceptors (Lipinski definition) is 6. The largest absolute Gasteiger partial charge is 0.508 e. The van der Waals surface area contributed by atoms with Crippen LogP contribution in [0.15, 0.2) is 57.7 Å². The Kier molecular flexibility index (Phi) is 4.49. The molecule has 0 fully saturated rings. The summed E-state index contributed by atoms with van der Waals surface area (Å²) < 4.78 is 5.11. The van der Waals surface area contributed by atoms with Crippen LogP contribution in [0.3, 0.4) is 0 Å². The van der Waals surface area contributed by atoms with Crippen molar-refractivity contribution in [2.45, 2.75) is 13.1 Å². The van der Waals surface area contributed by atoms with Crippen LogP contribution in [-0.4, -0.2) is 22.0 Å². The van der Waals surface area contributed by atoms with E-state index in [2.05, 4.69) is 0 Å². The van der Waals surface area contributed by atoms with E-state index in [0.717, 1.165) is 5.56 Å². The van der Waals surface area contributed by atoms with Crippen molar-refractivity contribution in [2.75, 3.05) is 7.05 Å². The van der Waals surface area contributed by atoms with Crippen LogP contribution in [0.5, 0.6) is 5.75 Å². The highest BCUT2D eigenvalue weighted by atomic mass is 16.6. The lowest BCUT2D eigenvalue weighted by atomic mass is 10.1. The molecule has 3 aromatic rings. The van der Waals surface area contributed by atoms with Gasteiger partial charge in [-0.25, -0.2) is 4.79 Å². The number of phenols is 1. The number of fused-ring (bicyclic) bond motifs is 1. The molecule has 0 aliphatic carbocycles. The van der Waals surface area contributed by atoms with E-state index in [1.54, 1.807) is 24.3 Å². The predicted octanol–water partition coefficient (Wildman–Crippen LogP) is 3.04. The van der Waals surface area contributed by atoms with E-state index in [-0.39, 0.29) is 11.4 Å². The topological polar surface area (TPSA) is 96.8 Å². The molecule has 128 valence electrons. The molecular formula is C18H16N2O5. The third-order valence-corrected chi connectivity index (χ3v) is 3.88. The lowest BCUT2D eigenvalue weighted by Crippen LogP contribution is -2.19. The zero-order chi connectivity index (χ0) is 18.0. The summed E-state index contributed by atoms with van der Waals surface area (Å²) in [6, 6.07) is 12.6. The van der Waals surface area contributed by atoms with Crippen LogP contribution >= 0.6 is 0 Å². The van der Waals surface area contributed by atoms with Gasteiger partial charge < -0.3 is 9.52 Å². The number of para-hydroxylation sites is 1. The Bertz CT molecular complexity index is 996. The van der Waals surface area contributed by atoms with Crippen LogP contribution in [0.2, 0.25) is 0 Å². The monoisotopic (exact) mass is 340 g/mol. The van der Waals surface area contributed by atoms with Crippen molar-refractivity contribution in [1.82, 2.24) is 4.90 Å². The molecular weight excluding hydrogens is 324 g/mol. The van der Waals surface area contributed by atoms with E-state index in [0.29, 0.717) is 29.6 Å². The van der Waals surface area contributed by atoms with Crippen LogP contribution in [0.4, 0.5) is 5.69 Å². The first-order valence-electron chi connectivity index (χ1n) is 7.60. The van der Waals surface area contributed by atoms with E-state index in [9.17, 15) is 20.0 Å². The SMILES string of the molecule is CN(Cc1ccccc1[N+](=O)[O-])Cc1cc(=O)oc2cc(O)ccc12. The molecule has 0 bridgehead atoms. The van der Waals surface area contributed by atoms with Gasteiger partial charge in [0.2, 0.25) is 0 Å². The van der Waals surface area contributed by atoms with Crippen molar-refractivity contribution >= 4 is 16.7 Å². The lowest BCUT2D eigenvalue weighted by molar-refractivity contribution is -0.385. The van der Waals surface area contributed by atoms with Gasteiger partial charge in [0, 0.05) is 42.2 Å². The summed E-state index contributed by atoms with van der Waals surface area (Å²) in [6.45, 7) is 0.760. The van der Waals surface area contributed by atoms with E-state index < -0.39 is 10.5 Å². The Hall–Kier alpha value is -3.19. The fourth-order valence-corrected chi connectivity index (χ4v) is 2.81. The van der Waals surface area contributed by atoms with Crippen molar-refractivity contribution in [3.05, 3.63) is 80.2 Å². The van der Waals surface area contributed by atoms with Gasteiger partial charge in [-0.05, 0) is 24.7 Å². The molecule has 1 heterocycles. The fourth-order valence-electron chi connectivity index (χ4n) is 2.81. The maximum Gasteiger partial charge on any atom is 0.336 e. The zero-order valence-electron chi connectivity index (χ0n) is 13.5. The first-order chi connectivity index (χ1) is 11.9. The number of rotatable bonds is 5. The highest BCUT2D eigenvalue weighted by Gasteiger charge is 2.15. The molecule has 1 N–H and O–H groups in total. The van der Waals surface area contributed by atoms with E-state index in [1.165, 1.54) is 24.3 Å². The van der Waals surface area contributed by atoms with Crippen molar-refractivity contribution in [2.24, 2.45) is 0 Å². The number of nitrogens with zero attached hydrogens (tertiary/aromatic N) is 2. The van der Waals surface area contributed by atoms with E-state index in [1.807, 2.05) is 11.9 Å². The number of nitro benzene ring substituents is 1. The standard InChI is InChI=1S/C18H16N2O5/c1-19(10-12-4-2-3-5-16(12)20(23)24)11-13-8-18(22)25-17-9-14(21)6-7-15(13)17/h2-9,21H,10-11H2,1H3.